The second-order valence-corrected chi connectivity index (χ2v) is 21.8. The quantitative estimate of drug-likeness (QED) is 0.0682. The first-order valence-electron chi connectivity index (χ1n) is 24.5. The van der Waals surface area contributed by atoms with Gasteiger partial charge in [-0.05, 0) is 110 Å². The average molecular weight is 1030 g/mol. The average Bonchev–Trinajstić information content (AvgIpc) is 4.06. The van der Waals surface area contributed by atoms with E-state index in [1.54, 1.807) is 18.2 Å². The fraction of sp³-hybridized carbons (Fsp3) is 0.407. The van der Waals surface area contributed by atoms with Gasteiger partial charge in [-0.2, -0.15) is 10.5 Å². The van der Waals surface area contributed by atoms with Crippen molar-refractivity contribution >= 4 is 45.0 Å². The lowest BCUT2D eigenvalue weighted by atomic mass is 9.92. The number of benzene rings is 4. The second kappa shape index (κ2) is 18.3. The number of hydrogen-bond donors (Lipinski definition) is 5. The molecule has 2 aliphatic carbocycles. The summed E-state index contributed by atoms with van der Waals surface area (Å²) in [5.74, 6) is -0.239. The number of tetrazole rings is 1. The lowest BCUT2D eigenvalue weighted by Crippen LogP contribution is -2.28. The maximum absolute atomic E-state index is 13.5. The third-order valence-corrected chi connectivity index (χ3v) is 14.1. The molecule has 2 atom stereocenters. The topological polar surface area (TPSA) is 224 Å². The first-order valence-corrected chi connectivity index (χ1v) is 24.5. The third-order valence-electron chi connectivity index (χ3n) is 14.1. The van der Waals surface area contributed by atoms with Crippen LogP contribution in [-0.4, -0.2) is 76.6 Å². The SMILES string of the molecule is CC(C)(C)c1cc2cc(NC(=O)C3(c4ccc5c(c4)OC(F)(F)O5)CC3)ccc2n1CC(O)CC#N.CC(C)(C)c1cc2cc(NC(=O)C3(c4ccc5c(c4)OC(F)(F)O5)CC3)ccc2n1CC(O)Cc1nn[nH]n1. The van der Waals surface area contributed by atoms with Crippen molar-refractivity contribution in [2.24, 2.45) is 0 Å². The number of aromatic nitrogens is 6. The molecule has 2 unspecified atom stereocenters. The van der Waals surface area contributed by atoms with Crippen LogP contribution in [0, 0.1) is 11.3 Å². The smallest absolute Gasteiger partial charge is 0.395 e. The highest BCUT2D eigenvalue weighted by atomic mass is 19.3. The number of aliphatic hydroxyl groups excluding tert-OH is 2. The number of nitrogens with one attached hydrogen (secondary N) is 3. The number of ether oxygens (including phenoxy) is 4. The third kappa shape index (κ3) is 10.2. The van der Waals surface area contributed by atoms with Gasteiger partial charge in [0.1, 0.15) is 0 Å². The Morgan fingerprint density at radius 3 is 1.51 bits per heavy atom. The number of alkyl halides is 4. The van der Waals surface area contributed by atoms with Gasteiger partial charge in [-0.3, -0.25) is 9.59 Å². The zero-order chi connectivity index (χ0) is 53.5. The van der Waals surface area contributed by atoms with Crippen LogP contribution < -0.4 is 29.6 Å². The van der Waals surface area contributed by atoms with Gasteiger partial charge in [0.15, 0.2) is 28.8 Å². The van der Waals surface area contributed by atoms with Gasteiger partial charge in [0.25, 0.3) is 0 Å². The van der Waals surface area contributed by atoms with Gasteiger partial charge >= 0.3 is 12.6 Å². The first kappa shape index (κ1) is 50.8. The molecule has 5 heterocycles. The number of hydrogen-bond acceptors (Lipinski definition) is 12. The molecule has 2 fully saturated rings. The summed E-state index contributed by atoms with van der Waals surface area (Å²) in [6, 6.07) is 26.3. The molecule has 17 nitrogen and oxygen atoms in total. The Balaban J connectivity index is 0.000000172. The monoisotopic (exact) mass is 1030 g/mol. The number of nitriles is 1. The number of halogens is 4. The predicted molar refractivity (Wildman–Crippen MR) is 266 cm³/mol. The van der Waals surface area contributed by atoms with Gasteiger partial charge in [0.2, 0.25) is 11.8 Å². The molecule has 4 aliphatic rings. The van der Waals surface area contributed by atoms with E-state index < -0.39 is 35.6 Å². The van der Waals surface area contributed by atoms with Crippen LogP contribution in [0.25, 0.3) is 21.8 Å². The van der Waals surface area contributed by atoms with Gasteiger partial charge in [-0.15, -0.1) is 27.8 Å². The van der Waals surface area contributed by atoms with E-state index in [-0.39, 0.29) is 58.5 Å². The summed E-state index contributed by atoms with van der Waals surface area (Å²) < 4.78 is 75.9. The van der Waals surface area contributed by atoms with E-state index >= 15 is 0 Å². The van der Waals surface area contributed by atoms with Crippen molar-refractivity contribution in [3.63, 3.8) is 0 Å². The molecule has 0 spiro atoms. The zero-order valence-electron chi connectivity index (χ0n) is 41.9. The molecular formula is C54H55F4N9O8. The number of aromatic amines is 1. The van der Waals surface area contributed by atoms with Crippen molar-refractivity contribution in [3.05, 3.63) is 113 Å². The molecule has 21 heteroatoms. The van der Waals surface area contributed by atoms with Crippen LogP contribution in [0.15, 0.2) is 84.9 Å². The minimum Gasteiger partial charge on any atom is -0.395 e. The minimum absolute atomic E-state index is 0.0387. The molecule has 2 aliphatic heterocycles. The van der Waals surface area contributed by atoms with Gasteiger partial charge < -0.3 is 48.9 Å². The van der Waals surface area contributed by atoms with Crippen LogP contribution in [0.4, 0.5) is 28.9 Å². The number of carbonyl (C=O) groups excluding carboxylic acids is 2. The van der Waals surface area contributed by atoms with Gasteiger partial charge in [0, 0.05) is 74.9 Å². The standard InChI is InChI=1S/C27H28F2N6O4.C27H27F2N3O4/c1-25(2,3)22-11-15-10-17(5-6-19(15)35(22)14-18(36)13-23-31-33-34-32-23)30-24(37)26(8-9-26)16-4-7-20-21(12-16)39-27(28,29)38-20;1-25(2,3)23-13-16-12-18(5-6-20(16)32(23)15-19(33)8-11-30)31-24(34)26(9-10-26)17-4-7-21-22(14-17)36-27(28,29)35-21/h4-7,10-12,18,36H,8-9,13-14H2,1-3H3,(H,30,37)(H,31,32,33,34);4-7,12-14,19,33H,8-10,15H2,1-3H3,(H,31,34). The molecule has 4 aromatic carbocycles. The van der Waals surface area contributed by atoms with Crippen LogP contribution in [-0.2, 0) is 50.8 Å². The second-order valence-electron chi connectivity index (χ2n) is 21.8. The molecule has 11 rings (SSSR count). The van der Waals surface area contributed by atoms with Gasteiger partial charge in [0.05, 0.1) is 35.5 Å². The maximum Gasteiger partial charge on any atom is 0.586 e. The largest absolute Gasteiger partial charge is 0.586 e. The van der Waals surface area contributed by atoms with Gasteiger partial charge in [-0.25, -0.2) is 0 Å². The lowest BCUT2D eigenvalue weighted by Gasteiger charge is -2.23. The molecule has 5 N–H and O–H groups in total. The number of H-pyrrole nitrogens is 1. The highest BCUT2D eigenvalue weighted by molar-refractivity contribution is 6.04. The van der Waals surface area contributed by atoms with Crippen molar-refractivity contribution in [1.29, 1.82) is 5.26 Å². The van der Waals surface area contributed by atoms with Crippen LogP contribution in [0.1, 0.15) is 102 Å². The van der Waals surface area contributed by atoms with Crippen LogP contribution in [0.3, 0.4) is 0 Å². The van der Waals surface area contributed by atoms with Gasteiger partial charge in [-0.1, -0.05) is 58.9 Å². The summed E-state index contributed by atoms with van der Waals surface area (Å²) in [6.07, 6.45) is -6.25. The minimum atomic E-state index is -3.71. The lowest BCUT2D eigenvalue weighted by molar-refractivity contribution is -0.287. The molecule has 3 aromatic heterocycles. The first-order chi connectivity index (χ1) is 35.3. The van der Waals surface area contributed by atoms with E-state index in [1.807, 2.05) is 47.0 Å². The van der Waals surface area contributed by atoms with E-state index in [9.17, 15) is 37.4 Å². The van der Waals surface area contributed by atoms with Crippen molar-refractivity contribution in [3.8, 4) is 29.1 Å². The number of amides is 2. The van der Waals surface area contributed by atoms with E-state index in [0.29, 0.717) is 67.1 Å². The molecule has 392 valence electrons. The Hall–Kier alpha value is -7.70. The molecule has 2 amide bonds. The van der Waals surface area contributed by atoms with Crippen molar-refractivity contribution in [2.75, 3.05) is 10.6 Å². The van der Waals surface area contributed by atoms with E-state index in [4.69, 9.17) is 5.26 Å². The number of fused-ring (bicyclic) bond motifs is 4. The maximum atomic E-state index is 13.5. The molecule has 0 radical (unpaired) electrons. The summed E-state index contributed by atoms with van der Waals surface area (Å²) in [5.41, 5.74) is 4.27. The van der Waals surface area contributed by atoms with E-state index in [0.717, 1.165) is 33.2 Å². The summed E-state index contributed by atoms with van der Waals surface area (Å²) in [5, 5.41) is 51.6. The molecule has 0 saturated heterocycles. The number of anilines is 2. The Kier molecular flexibility index (Phi) is 12.4. The van der Waals surface area contributed by atoms with Crippen molar-refractivity contribution in [1.82, 2.24) is 29.8 Å². The number of nitrogens with zero attached hydrogens (tertiary/aromatic N) is 6. The fourth-order valence-electron chi connectivity index (χ4n) is 10.0. The van der Waals surface area contributed by atoms with E-state index in [1.165, 1.54) is 24.3 Å². The molecule has 0 bridgehead atoms. The molecular weight excluding hydrogens is 979 g/mol. The Morgan fingerprint density at radius 1 is 0.667 bits per heavy atom. The molecule has 2 saturated carbocycles. The van der Waals surface area contributed by atoms with Crippen molar-refractivity contribution < 1.29 is 56.3 Å². The number of rotatable bonds is 13. The molecule has 75 heavy (non-hydrogen) atoms. The summed E-state index contributed by atoms with van der Waals surface area (Å²) in [4.78, 5) is 26.7. The summed E-state index contributed by atoms with van der Waals surface area (Å²) in [7, 11) is 0. The normalized spacial score (nSPS) is 17.9. The highest BCUT2D eigenvalue weighted by Crippen LogP contribution is 2.54. The number of carbonyl (C=O) groups is 2. The highest BCUT2D eigenvalue weighted by Gasteiger charge is 2.54. The summed E-state index contributed by atoms with van der Waals surface area (Å²) in [6.45, 7) is 13.2. The zero-order valence-corrected chi connectivity index (χ0v) is 41.9. The van der Waals surface area contributed by atoms with Crippen LogP contribution >= 0.6 is 0 Å². The Labute approximate surface area is 427 Å². The van der Waals surface area contributed by atoms with Crippen LogP contribution in [0.2, 0.25) is 0 Å². The predicted octanol–water partition coefficient (Wildman–Crippen LogP) is 9.25. The van der Waals surface area contributed by atoms with Crippen LogP contribution in [0.5, 0.6) is 23.0 Å². The summed E-state index contributed by atoms with van der Waals surface area (Å²) >= 11 is 0. The van der Waals surface area contributed by atoms with E-state index in [2.05, 4.69) is 102 Å². The molecule has 7 aromatic rings. The Morgan fingerprint density at radius 2 is 1.11 bits per heavy atom. The number of aliphatic hydroxyl groups is 2. The fourth-order valence-corrected chi connectivity index (χ4v) is 10.0. The van der Waals surface area contributed by atoms with Crippen molar-refractivity contribution in [2.45, 2.75) is 140 Å². The Bertz CT molecular complexity index is 3400.